The lowest BCUT2D eigenvalue weighted by atomic mass is 10.1. The van der Waals surface area contributed by atoms with Gasteiger partial charge in [0.15, 0.2) is 0 Å². The van der Waals surface area contributed by atoms with Gasteiger partial charge in [-0.2, -0.15) is 0 Å². The molecule has 0 aliphatic rings. The molecule has 7 heteroatoms. The maximum absolute atomic E-state index is 13.6. The molecule has 3 aromatic carbocycles. The van der Waals surface area contributed by atoms with E-state index in [9.17, 15) is 4.39 Å². The summed E-state index contributed by atoms with van der Waals surface area (Å²) in [4.78, 5) is 0. The number of rotatable bonds is 6. The monoisotopic (exact) mass is 409 g/mol. The summed E-state index contributed by atoms with van der Waals surface area (Å²) < 4.78 is 24.8. The SMILES string of the molecule is COc1cccc(N[C@H](c2nnc(-c3ccccc3)o2)c2ccc(F)cc2Cl)c1. The number of anilines is 1. The van der Waals surface area contributed by atoms with Gasteiger partial charge >= 0.3 is 0 Å². The van der Waals surface area contributed by atoms with Crippen LogP contribution in [0.5, 0.6) is 5.75 Å². The molecule has 29 heavy (non-hydrogen) atoms. The van der Waals surface area contributed by atoms with Crippen LogP contribution in [0.4, 0.5) is 10.1 Å². The predicted octanol–water partition coefficient (Wildman–Crippen LogP) is 5.74. The Balaban J connectivity index is 1.75. The molecule has 1 heterocycles. The number of nitrogens with zero attached hydrogens (tertiary/aromatic N) is 2. The van der Waals surface area contributed by atoms with Crippen LogP contribution < -0.4 is 10.1 Å². The minimum atomic E-state index is -0.583. The largest absolute Gasteiger partial charge is 0.497 e. The minimum Gasteiger partial charge on any atom is -0.497 e. The lowest BCUT2D eigenvalue weighted by Gasteiger charge is -2.18. The lowest BCUT2D eigenvalue weighted by Crippen LogP contribution is -2.13. The number of aromatic nitrogens is 2. The fourth-order valence-electron chi connectivity index (χ4n) is 2.94. The summed E-state index contributed by atoms with van der Waals surface area (Å²) in [6.07, 6.45) is 0. The second-order valence-electron chi connectivity index (χ2n) is 6.29. The van der Waals surface area contributed by atoms with Crippen molar-refractivity contribution in [3.05, 3.63) is 95.1 Å². The van der Waals surface area contributed by atoms with Gasteiger partial charge in [-0.3, -0.25) is 0 Å². The highest BCUT2D eigenvalue weighted by Gasteiger charge is 2.24. The van der Waals surface area contributed by atoms with Crippen molar-refractivity contribution in [1.29, 1.82) is 0 Å². The minimum absolute atomic E-state index is 0.254. The quantitative estimate of drug-likeness (QED) is 0.440. The van der Waals surface area contributed by atoms with E-state index in [4.69, 9.17) is 20.8 Å². The Hall–Kier alpha value is -3.38. The topological polar surface area (TPSA) is 60.2 Å². The number of halogens is 2. The Morgan fingerprint density at radius 3 is 2.59 bits per heavy atom. The molecule has 146 valence electrons. The molecule has 0 radical (unpaired) electrons. The van der Waals surface area contributed by atoms with Gasteiger partial charge in [0.05, 0.1) is 7.11 Å². The number of methoxy groups -OCH3 is 1. The summed E-state index contributed by atoms with van der Waals surface area (Å²) in [5.74, 6) is 0.959. The third-order valence-electron chi connectivity index (χ3n) is 4.36. The van der Waals surface area contributed by atoms with E-state index in [1.165, 1.54) is 12.1 Å². The van der Waals surface area contributed by atoms with Crippen molar-refractivity contribution < 1.29 is 13.5 Å². The number of nitrogens with one attached hydrogen (secondary N) is 1. The average molecular weight is 410 g/mol. The van der Waals surface area contributed by atoms with Crippen molar-refractivity contribution in [3.63, 3.8) is 0 Å². The van der Waals surface area contributed by atoms with Crippen molar-refractivity contribution in [2.45, 2.75) is 6.04 Å². The third kappa shape index (κ3) is 4.22. The zero-order valence-electron chi connectivity index (χ0n) is 15.5. The molecule has 1 atom stereocenters. The first-order valence-corrected chi connectivity index (χ1v) is 9.26. The Labute approximate surface area is 172 Å². The average Bonchev–Trinajstić information content (AvgIpc) is 3.23. The van der Waals surface area contributed by atoms with E-state index in [-0.39, 0.29) is 5.02 Å². The second-order valence-corrected chi connectivity index (χ2v) is 6.69. The van der Waals surface area contributed by atoms with Crippen LogP contribution in [0.3, 0.4) is 0 Å². The van der Waals surface area contributed by atoms with E-state index in [2.05, 4.69) is 15.5 Å². The van der Waals surface area contributed by atoms with E-state index in [0.717, 1.165) is 11.3 Å². The highest BCUT2D eigenvalue weighted by molar-refractivity contribution is 6.31. The fourth-order valence-corrected chi connectivity index (χ4v) is 3.21. The molecule has 0 aliphatic carbocycles. The van der Waals surface area contributed by atoms with Gasteiger partial charge in [0.2, 0.25) is 11.8 Å². The van der Waals surface area contributed by atoms with Crippen LogP contribution in [0.2, 0.25) is 5.02 Å². The predicted molar refractivity (Wildman–Crippen MR) is 110 cm³/mol. The van der Waals surface area contributed by atoms with Crippen molar-refractivity contribution in [2.75, 3.05) is 12.4 Å². The first kappa shape index (κ1) is 19.0. The molecule has 0 saturated carbocycles. The summed E-state index contributed by atoms with van der Waals surface area (Å²) >= 11 is 6.33. The van der Waals surface area contributed by atoms with Crippen molar-refractivity contribution in [2.24, 2.45) is 0 Å². The maximum atomic E-state index is 13.6. The molecule has 0 aliphatic heterocycles. The zero-order chi connectivity index (χ0) is 20.2. The van der Waals surface area contributed by atoms with Crippen molar-refractivity contribution in [3.8, 4) is 17.2 Å². The van der Waals surface area contributed by atoms with Gasteiger partial charge in [-0.25, -0.2) is 4.39 Å². The fraction of sp³-hybridized carbons (Fsp3) is 0.0909. The Bertz CT molecular complexity index is 1120. The summed E-state index contributed by atoms with van der Waals surface area (Å²) in [5, 5.41) is 11.9. The number of hydrogen-bond acceptors (Lipinski definition) is 5. The van der Waals surface area contributed by atoms with Crippen LogP contribution >= 0.6 is 11.6 Å². The van der Waals surface area contributed by atoms with Crippen LogP contribution in [-0.2, 0) is 0 Å². The first-order chi connectivity index (χ1) is 14.1. The summed E-state index contributed by atoms with van der Waals surface area (Å²) in [7, 11) is 1.59. The van der Waals surface area contributed by atoms with E-state index in [1.54, 1.807) is 13.2 Å². The molecule has 0 amide bonds. The standard InChI is InChI=1S/C22H17ClFN3O2/c1-28-17-9-5-8-16(13-17)25-20(18-11-10-15(24)12-19(18)23)22-27-26-21(29-22)14-6-3-2-4-7-14/h2-13,20,25H,1H3/t20-/m0/s1. The summed E-state index contributed by atoms with van der Waals surface area (Å²) in [6.45, 7) is 0. The number of hydrogen-bond donors (Lipinski definition) is 1. The third-order valence-corrected chi connectivity index (χ3v) is 4.69. The Morgan fingerprint density at radius 1 is 1.00 bits per heavy atom. The van der Waals surface area contributed by atoms with Crippen LogP contribution in [0.25, 0.3) is 11.5 Å². The van der Waals surface area contributed by atoms with Gasteiger partial charge in [-0.05, 0) is 36.4 Å². The van der Waals surface area contributed by atoms with Crippen molar-refractivity contribution >= 4 is 17.3 Å². The molecule has 5 nitrogen and oxygen atoms in total. The van der Waals surface area contributed by atoms with Gasteiger partial charge in [0.1, 0.15) is 17.6 Å². The normalized spacial score (nSPS) is 11.8. The zero-order valence-corrected chi connectivity index (χ0v) is 16.2. The van der Waals surface area contributed by atoms with E-state index in [1.807, 2.05) is 54.6 Å². The molecule has 4 rings (SSSR count). The number of benzene rings is 3. The maximum Gasteiger partial charge on any atom is 0.247 e. The van der Waals surface area contributed by atoms with Crippen LogP contribution in [0.1, 0.15) is 17.5 Å². The smallest absolute Gasteiger partial charge is 0.247 e. The van der Waals surface area contributed by atoms with E-state index >= 15 is 0 Å². The first-order valence-electron chi connectivity index (χ1n) is 8.88. The van der Waals surface area contributed by atoms with E-state index in [0.29, 0.717) is 23.1 Å². The second kappa shape index (κ2) is 8.32. The van der Waals surface area contributed by atoms with Gasteiger partial charge in [-0.1, -0.05) is 41.9 Å². The Kier molecular flexibility index (Phi) is 5.44. The molecule has 1 N–H and O–H groups in total. The van der Waals surface area contributed by atoms with Crippen LogP contribution in [-0.4, -0.2) is 17.3 Å². The molecular formula is C22H17ClFN3O2. The van der Waals surface area contributed by atoms with Gasteiger partial charge < -0.3 is 14.5 Å². The van der Waals surface area contributed by atoms with Gasteiger partial charge in [0, 0.05) is 27.9 Å². The van der Waals surface area contributed by atoms with Crippen molar-refractivity contribution in [1.82, 2.24) is 10.2 Å². The summed E-state index contributed by atoms with van der Waals surface area (Å²) in [5.41, 5.74) is 2.17. The highest BCUT2D eigenvalue weighted by atomic mass is 35.5. The lowest BCUT2D eigenvalue weighted by molar-refractivity contribution is 0.415. The Morgan fingerprint density at radius 2 is 1.83 bits per heavy atom. The molecule has 0 unspecified atom stereocenters. The molecule has 0 fully saturated rings. The molecular weight excluding hydrogens is 393 g/mol. The molecule has 0 bridgehead atoms. The molecule has 0 saturated heterocycles. The molecule has 1 aromatic heterocycles. The van der Waals surface area contributed by atoms with Crippen LogP contribution in [0.15, 0.2) is 77.2 Å². The molecule has 0 spiro atoms. The molecule has 4 aromatic rings. The number of ether oxygens (including phenoxy) is 1. The summed E-state index contributed by atoms with van der Waals surface area (Å²) in [6, 6.07) is 20.5. The van der Waals surface area contributed by atoms with Gasteiger partial charge in [-0.15, -0.1) is 10.2 Å². The van der Waals surface area contributed by atoms with E-state index < -0.39 is 11.9 Å². The van der Waals surface area contributed by atoms with Gasteiger partial charge in [0.25, 0.3) is 0 Å². The highest BCUT2D eigenvalue weighted by Crippen LogP contribution is 2.33. The van der Waals surface area contributed by atoms with Crippen LogP contribution in [0, 0.1) is 5.82 Å².